The summed E-state index contributed by atoms with van der Waals surface area (Å²) in [6.07, 6.45) is 3.03. The number of phenolic OH excluding ortho intramolecular Hbond substituents is 1. The second kappa shape index (κ2) is 5.99. The fourth-order valence-corrected chi connectivity index (χ4v) is 6.51. The highest BCUT2D eigenvalue weighted by molar-refractivity contribution is 6.18. The van der Waals surface area contributed by atoms with Gasteiger partial charge in [0.1, 0.15) is 11.5 Å². The number of ketones is 3. The lowest BCUT2D eigenvalue weighted by molar-refractivity contribution is -0.134. The molecule has 1 N–H and O–H groups in total. The predicted molar refractivity (Wildman–Crippen MR) is 101 cm³/mol. The minimum atomic E-state index is -0.673. The van der Waals surface area contributed by atoms with E-state index >= 15 is 0 Å². The molecule has 4 aliphatic carbocycles. The van der Waals surface area contributed by atoms with Gasteiger partial charge in [-0.3, -0.25) is 14.4 Å². The van der Waals surface area contributed by atoms with E-state index in [2.05, 4.69) is 13.8 Å². The maximum absolute atomic E-state index is 13.3. The van der Waals surface area contributed by atoms with Crippen molar-refractivity contribution in [3.05, 3.63) is 29.3 Å². The van der Waals surface area contributed by atoms with Gasteiger partial charge in [-0.1, -0.05) is 26.0 Å². The van der Waals surface area contributed by atoms with Crippen molar-refractivity contribution in [2.75, 3.05) is 0 Å². The molecule has 0 amide bonds. The smallest absolute Gasteiger partial charge is 0.173 e. The quantitative estimate of drug-likeness (QED) is 0.846. The maximum atomic E-state index is 13.3. The Morgan fingerprint density at radius 1 is 1.04 bits per heavy atom. The van der Waals surface area contributed by atoms with Crippen LogP contribution in [-0.2, 0) is 9.53 Å². The first-order chi connectivity index (χ1) is 13.3. The summed E-state index contributed by atoms with van der Waals surface area (Å²) in [4.78, 5) is 38.8. The molecule has 4 aliphatic rings. The number of rotatable bonds is 2. The average Bonchev–Trinajstić information content (AvgIpc) is 3.05. The summed E-state index contributed by atoms with van der Waals surface area (Å²) < 4.78 is 6.46. The standard InChI is InChI=1S/C23H26O5/c1-23(2)11-6-7-15(23)17(8-11)28-18-10-12(24)9-14-20(18)22(27)19-13(21(14)26)4-3-5-16(19)25/h3-5,11,14-15,17-18,20,25H,6-10H2,1-2H3/t11-,14-,15-,17-,18+,20+/m0/s1. The first kappa shape index (κ1) is 18.0. The Bertz CT molecular complexity index is 885. The van der Waals surface area contributed by atoms with Crippen LogP contribution < -0.4 is 0 Å². The summed E-state index contributed by atoms with van der Waals surface area (Å²) in [6, 6.07) is 4.57. The maximum Gasteiger partial charge on any atom is 0.173 e. The van der Waals surface area contributed by atoms with Gasteiger partial charge in [0.15, 0.2) is 11.6 Å². The normalized spacial score (nSPS) is 38.4. The molecular weight excluding hydrogens is 356 g/mol. The molecule has 0 heterocycles. The van der Waals surface area contributed by atoms with Crippen molar-refractivity contribution in [2.45, 2.75) is 58.2 Å². The number of hydrogen-bond donors (Lipinski definition) is 1. The number of carbonyl (C=O) groups excluding carboxylic acids is 3. The molecule has 0 spiro atoms. The Morgan fingerprint density at radius 3 is 2.50 bits per heavy atom. The van der Waals surface area contributed by atoms with Crippen LogP contribution >= 0.6 is 0 Å². The van der Waals surface area contributed by atoms with Gasteiger partial charge in [-0.2, -0.15) is 0 Å². The van der Waals surface area contributed by atoms with Gasteiger partial charge in [0.2, 0.25) is 0 Å². The van der Waals surface area contributed by atoms with Gasteiger partial charge >= 0.3 is 0 Å². The van der Waals surface area contributed by atoms with Crippen LogP contribution in [0.5, 0.6) is 5.75 Å². The lowest BCUT2D eigenvalue weighted by Crippen LogP contribution is -2.50. The third kappa shape index (κ3) is 2.38. The molecule has 1 aromatic carbocycles. The van der Waals surface area contributed by atoms with E-state index in [-0.39, 0.29) is 58.6 Å². The van der Waals surface area contributed by atoms with E-state index in [1.165, 1.54) is 12.5 Å². The third-order valence-electron chi connectivity index (χ3n) is 8.05. The van der Waals surface area contributed by atoms with Crippen LogP contribution in [0, 0.1) is 29.1 Å². The average molecular weight is 382 g/mol. The van der Waals surface area contributed by atoms with E-state index in [1.54, 1.807) is 12.1 Å². The Kier molecular flexibility index (Phi) is 3.86. The Balaban J connectivity index is 1.49. The first-order valence-electron chi connectivity index (χ1n) is 10.4. The van der Waals surface area contributed by atoms with E-state index in [0.29, 0.717) is 11.8 Å². The highest BCUT2D eigenvalue weighted by Gasteiger charge is 2.56. The Hall–Kier alpha value is -2.01. The van der Waals surface area contributed by atoms with Crippen LogP contribution in [-0.4, -0.2) is 34.7 Å². The molecule has 2 bridgehead atoms. The van der Waals surface area contributed by atoms with Crippen molar-refractivity contribution in [2.24, 2.45) is 29.1 Å². The fourth-order valence-electron chi connectivity index (χ4n) is 6.51. The minimum absolute atomic E-state index is 0.0154. The zero-order valence-corrected chi connectivity index (χ0v) is 16.3. The minimum Gasteiger partial charge on any atom is -0.507 e. The number of phenols is 1. The molecule has 5 nitrogen and oxygen atoms in total. The van der Waals surface area contributed by atoms with Crippen LogP contribution in [0.15, 0.2) is 18.2 Å². The van der Waals surface area contributed by atoms with Crippen LogP contribution in [0.4, 0.5) is 0 Å². The molecule has 28 heavy (non-hydrogen) atoms. The largest absolute Gasteiger partial charge is 0.507 e. The highest BCUT2D eigenvalue weighted by Crippen LogP contribution is 2.59. The lowest BCUT2D eigenvalue weighted by atomic mass is 9.65. The van der Waals surface area contributed by atoms with E-state index in [0.717, 1.165) is 12.8 Å². The van der Waals surface area contributed by atoms with E-state index in [4.69, 9.17) is 4.74 Å². The van der Waals surface area contributed by atoms with Gasteiger partial charge in [0, 0.05) is 24.3 Å². The zero-order valence-electron chi connectivity index (χ0n) is 16.3. The summed E-state index contributed by atoms with van der Waals surface area (Å²) in [5, 5.41) is 10.2. The topological polar surface area (TPSA) is 80.7 Å². The monoisotopic (exact) mass is 382 g/mol. The molecule has 5 rings (SSSR count). The van der Waals surface area contributed by atoms with Crippen LogP contribution in [0.2, 0.25) is 0 Å². The summed E-state index contributed by atoms with van der Waals surface area (Å²) in [6.45, 7) is 4.58. The number of benzene rings is 1. The number of carbonyl (C=O) groups is 3. The number of aromatic hydroxyl groups is 1. The Morgan fingerprint density at radius 2 is 1.82 bits per heavy atom. The molecule has 148 valence electrons. The summed E-state index contributed by atoms with van der Waals surface area (Å²) in [5.41, 5.74) is 0.561. The van der Waals surface area contributed by atoms with Crippen molar-refractivity contribution < 1.29 is 24.2 Å². The molecule has 3 fully saturated rings. The fraction of sp³-hybridized carbons (Fsp3) is 0.609. The predicted octanol–water partition coefficient (Wildman–Crippen LogP) is 3.58. The summed E-state index contributed by atoms with van der Waals surface area (Å²) in [7, 11) is 0. The second-order valence-electron chi connectivity index (χ2n) is 9.66. The Labute approximate surface area is 164 Å². The number of fused-ring (bicyclic) bond motifs is 4. The molecule has 5 heteroatoms. The van der Waals surface area contributed by atoms with Crippen molar-refractivity contribution >= 4 is 17.3 Å². The number of hydrogen-bond acceptors (Lipinski definition) is 5. The second-order valence-corrected chi connectivity index (χ2v) is 9.66. The zero-order chi connectivity index (χ0) is 19.8. The van der Waals surface area contributed by atoms with Crippen molar-refractivity contribution in [3.63, 3.8) is 0 Å². The first-order valence-corrected chi connectivity index (χ1v) is 10.4. The van der Waals surface area contributed by atoms with Gasteiger partial charge in [0.25, 0.3) is 0 Å². The van der Waals surface area contributed by atoms with Gasteiger partial charge in [0.05, 0.1) is 23.7 Å². The van der Waals surface area contributed by atoms with Crippen LogP contribution in [0.25, 0.3) is 0 Å². The molecular formula is C23H26O5. The van der Waals surface area contributed by atoms with E-state index in [1.807, 2.05) is 0 Å². The molecule has 0 unspecified atom stereocenters. The highest BCUT2D eigenvalue weighted by atomic mass is 16.5. The van der Waals surface area contributed by atoms with Crippen molar-refractivity contribution in [3.8, 4) is 5.75 Å². The molecule has 0 aliphatic heterocycles. The number of Topliss-reactive ketones (excluding diaryl/α,β-unsaturated/α-hetero) is 3. The SMILES string of the molecule is CC1(C)[C@H]2CC[C@H]1[C@@H](O[C@@H]1CC(=O)C[C@@H]3C(=O)c4cccc(O)c4C(=O)[C@H]31)C2. The lowest BCUT2D eigenvalue weighted by Gasteiger charge is -2.41. The summed E-state index contributed by atoms with van der Waals surface area (Å²) in [5.74, 6) is -0.936. The van der Waals surface area contributed by atoms with Gasteiger partial charge < -0.3 is 9.84 Å². The molecule has 0 radical (unpaired) electrons. The molecule has 3 saturated carbocycles. The van der Waals surface area contributed by atoms with Gasteiger partial charge in [-0.25, -0.2) is 0 Å². The molecule has 1 aromatic rings. The summed E-state index contributed by atoms with van der Waals surface area (Å²) >= 11 is 0. The van der Waals surface area contributed by atoms with Crippen LogP contribution in [0.1, 0.15) is 66.7 Å². The van der Waals surface area contributed by atoms with Gasteiger partial charge in [-0.05, 0) is 42.6 Å². The van der Waals surface area contributed by atoms with E-state index < -0.39 is 17.9 Å². The third-order valence-corrected chi connectivity index (χ3v) is 8.05. The molecule has 0 aromatic heterocycles. The van der Waals surface area contributed by atoms with Crippen molar-refractivity contribution in [1.82, 2.24) is 0 Å². The van der Waals surface area contributed by atoms with Gasteiger partial charge in [-0.15, -0.1) is 0 Å². The molecule has 0 saturated heterocycles. The number of ether oxygens (including phenoxy) is 1. The van der Waals surface area contributed by atoms with Crippen LogP contribution in [0.3, 0.4) is 0 Å². The van der Waals surface area contributed by atoms with E-state index in [9.17, 15) is 19.5 Å². The molecule has 6 atom stereocenters. The van der Waals surface area contributed by atoms with Crippen molar-refractivity contribution in [1.29, 1.82) is 0 Å².